The molecule has 20 nitrogen and oxygen atoms in total. The number of aryl methyl sites for hydroxylation is 1. The van der Waals surface area contributed by atoms with E-state index < -0.39 is 52.7 Å². The second-order valence-corrected chi connectivity index (χ2v) is 18.9. The molecule has 1 saturated carbocycles. The van der Waals surface area contributed by atoms with Crippen LogP contribution in [0.4, 0.5) is 34.9 Å². The van der Waals surface area contributed by atoms with Crippen molar-refractivity contribution in [1.29, 1.82) is 0 Å². The molecule has 5 N–H and O–H groups in total. The summed E-state index contributed by atoms with van der Waals surface area (Å²) >= 11 is 0.231. The molecule has 0 bridgehead atoms. The van der Waals surface area contributed by atoms with Gasteiger partial charge in [-0.05, 0) is 73.1 Å². The van der Waals surface area contributed by atoms with Crippen molar-refractivity contribution in [3.05, 3.63) is 105 Å². The predicted octanol–water partition coefficient (Wildman–Crippen LogP) is -4.48. The van der Waals surface area contributed by atoms with Crippen LogP contribution in [0.15, 0.2) is 92.3 Å². The number of hydrogen-bond donors (Lipinski definition) is 4. The molecular formula is C41H35N8Na3O12S3. The van der Waals surface area contributed by atoms with Crippen LogP contribution >= 0.6 is 12.0 Å². The van der Waals surface area contributed by atoms with Gasteiger partial charge in [0.25, 0.3) is 5.56 Å². The van der Waals surface area contributed by atoms with E-state index in [0.717, 1.165) is 48.1 Å². The van der Waals surface area contributed by atoms with Gasteiger partial charge >= 0.3 is 88.7 Å². The molecule has 26 heteroatoms. The van der Waals surface area contributed by atoms with Crippen LogP contribution in [0.25, 0.3) is 22.0 Å². The van der Waals surface area contributed by atoms with Gasteiger partial charge in [-0.3, -0.25) is 19.4 Å². The number of aromatic nitrogens is 4. The zero-order chi connectivity index (χ0) is 45.8. The van der Waals surface area contributed by atoms with Crippen molar-refractivity contribution < 1.29 is 139 Å². The summed E-state index contributed by atoms with van der Waals surface area (Å²) in [4.78, 5) is 54.1. The van der Waals surface area contributed by atoms with E-state index in [2.05, 4.69) is 54.1 Å². The number of benzene rings is 4. The number of pyridine rings is 1. The summed E-state index contributed by atoms with van der Waals surface area (Å²) in [7, 11) is -8.92. The van der Waals surface area contributed by atoms with Gasteiger partial charge in [-0.15, -0.1) is 0 Å². The van der Waals surface area contributed by atoms with E-state index in [9.17, 15) is 45.6 Å². The minimum absolute atomic E-state index is 0. The summed E-state index contributed by atoms with van der Waals surface area (Å²) in [6.07, 6.45) is 2.78. The van der Waals surface area contributed by atoms with Crippen LogP contribution in [0.2, 0.25) is 0 Å². The Labute approximate surface area is 454 Å². The Morgan fingerprint density at radius 1 is 0.821 bits per heavy atom. The van der Waals surface area contributed by atoms with Crippen molar-refractivity contribution in [3.8, 4) is 11.1 Å². The van der Waals surface area contributed by atoms with Crippen molar-refractivity contribution in [1.82, 2.24) is 19.5 Å². The van der Waals surface area contributed by atoms with Gasteiger partial charge in [0.2, 0.25) is 17.8 Å². The molecule has 4 aromatic carbocycles. The Bertz CT molecular complexity index is 3240. The molecule has 0 aliphatic heterocycles. The van der Waals surface area contributed by atoms with E-state index in [1.54, 1.807) is 18.2 Å². The maximum Gasteiger partial charge on any atom is 1.00 e. The van der Waals surface area contributed by atoms with Crippen molar-refractivity contribution in [2.24, 2.45) is 18.9 Å². The van der Waals surface area contributed by atoms with Crippen LogP contribution in [-0.2, 0) is 36.7 Å². The molecule has 0 spiro atoms. The van der Waals surface area contributed by atoms with Gasteiger partial charge < -0.3 is 40.6 Å². The van der Waals surface area contributed by atoms with Crippen molar-refractivity contribution in [2.75, 3.05) is 21.7 Å². The standard InChI is InChI=1S/C41H38N8O12S3.3Na/c1-19-11-12-25(20(2)15-19)44-40-46-39(42)47-41(48-40)45-28-17-27(30(62-61-60-53)18-31(28)64(57,58)59)43-26-13-14-29-34-32(23-9-4-5-10-24(23)37(51)33(26)34)35(38(52)49(29)3)36(50)21-7-6-8-22(16-21)63(54,55)56;;;/h4-10,13-14,16-20,25,43,53H,11-12,15H2,1-3H3,(H,54,55,56)(H,57,58,59)(H4,42,44,45,46,47,48);;;/q;3*+1/p-3. The van der Waals surface area contributed by atoms with Crippen molar-refractivity contribution in [2.45, 2.75) is 53.8 Å². The number of carbonyl (C=O) groups is 2. The minimum Gasteiger partial charge on any atom is -0.744 e. The molecular weight excluding hydrogens is 962 g/mol. The molecule has 67 heavy (non-hydrogen) atoms. The van der Waals surface area contributed by atoms with Gasteiger partial charge in [0, 0.05) is 35.2 Å². The predicted molar refractivity (Wildman–Crippen MR) is 229 cm³/mol. The Balaban J connectivity index is 0.00000280. The Morgan fingerprint density at radius 2 is 1.52 bits per heavy atom. The van der Waals surface area contributed by atoms with Crippen LogP contribution in [0.1, 0.15) is 65.0 Å². The third kappa shape index (κ3) is 11.2. The number of nitrogens with zero attached hydrogens (tertiary/aromatic N) is 4. The summed E-state index contributed by atoms with van der Waals surface area (Å²) in [5.74, 6) is -1.06. The Morgan fingerprint density at radius 3 is 2.19 bits per heavy atom. The molecule has 0 saturated heterocycles. The van der Waals surface area contributed by atoms with Gasteiger partial charge in [0.1, 0.15) is 20.2 Å². The summed E-state index contributed by atoms with van der Waals surface area (Å²) in [6, 6.07) is 15.5. The largest absolute Gasteiger partial charge is 1.00 e. The minimum atomic E-state index is -5.30. The third-order valence-electron chi connectivity index (χ3n) is 11.3. The van der Waals surface area contributed by atoms with Crippen LogP contribution < -0.4 is 121 Å². The zero-order valence-corrected chi connectivity index (χ0v) is 45.2. The van der Waals surface area contributed by atoms with Crippen LogP contribution in [-0.4, -0.2) is 63.1 Å². The summed E-state index contributed by atoms with van der Waals surface area (Å²) < 4.78 is 79.7. The molecule has 0 amide bonds. The number of fused-ring (bicyclic) bond motifs is 2. The first-order valence-electron chi connectivity index (χ1n) is 19.4. The van der Waals surface area contributed by atoms with Gasteiger partial charge in [0.05, 0.1) is 60.4 Å². The third-order valence-corrected chi connectivity index (χ3v) is 13.6. The van der Waals surface area contributed by atoms with Gasteiger partial charge in [-0.25, -0.2) is 16.8 Å². The molecule has 3 atom stereocenters. The number of nitrogens with two attached hydrogens (primary N) is 1. The van der Waals surface area contributed by atoms with Crippen molar-refractivity contribution >= 4 is 89.7 Å². The van der Waals surface area contributed by atoms with E-state index in [4.69, 9.17) is 5.73 Å². The van der Waals surface area contributed by atoms with E-state index in [-0.39, 0.29) is 191 Å². The molecule has 8 rings (SSSR count). The Hall–Kier alpha value is -3.31. The van der Waals surface area contributed by atoms with E-state index in [0.29, 0.717) is 5.92 Å². The first kappa shape index (κ1) is 54.6. The first-order valence-corrected chi connectivity index (χ1v) is 22.9. The zero-order valence-electron chi connectivity index (χ0n) is 36.8. The number of anilines is 6. The summed E-state index contributed by atoms with van der Waals surface area (Å²) in [5, 5.41) is 23.8. The van der Waals surface area contributed by atoms with Crippen molar-refractivity contribution in [3.63, 3.8) is 0 Å². The maximum atomic E-state index is 14.6. The normalized spacial score (nSPS) is 16.4. The molecule has 1 fully saturated rings. The summed E-state index contributed by atoms with van der Waals surface area (Å²) in [5.41, 5.74) is 4.60. The van der Waals surface area contributed by atoms with E-state index in [1.807, 2.05) is 0 Å². The van der Waals surface area contributed by atoms with E-state index in [1.165, 1.54) is 37.4 Å². The number of carbonyl (C=O) groups excluding carboxylic acids is 2. The average Bonchev–Trinajstić information content (AvgIpc) is 3.24. The molecule has 2 aliphatic rings. The quantitative estimate of drug-likeness (QED) is 0.0211. The molecule has 6 aromatic rings. The molecule has 2 aromatic heterocycles. The number of nitrogen functional groups attached to an aromatic ring is 1. The number of ketones is 2. The molecule has 2 heterocycles. The van der Waals surface area contributed by atoms with Gasteiger partial charge in [-0.2, -0.15) is 19.3 Å². The second-order valence-electron chi connectivity index (χ2n) is 15.4. The van der Waals surface area contributed by atoms with Crippen LogP contribution in [0.3, 0.4) is 0 Å². The Kier molecular flexibility index (Phi) is 17.7. The first-order chi connectivity index (χ1) is 30.3. The fourth-order valence-corrected chi connectivity index (χ4v) is 10.0. The summed E-state index contributed by atoms with van der Waals surface area (Å²) in [6.45, 7) is 4.27. The number of rotatable bonds is 13. The monoisotopic (exact) mass is 996 g/mol. The SMILES string of the molecule is CC1CCC(Nc2nc(N)nc(Nc3cc(Nc4ccc5c6c4C(=O)c4ccccc4-c6c(C(=O)c4cccc(S(=O)(=O)[O-])c4)c(=O)n5C)c(SOO[O-])cc3S(=O)(=O)[O-])n2)C(C)C1.[Na+].[Na+].[Na+]. The van der Waals surface area contributed by atoms with Crippen LogP contribution in [0, 0.1) is 11.8 Å². The fraction of sp³-hybridized carbons (Fsp3) is 0.220. The molecule has 332 valence electrons. The average molecular weight is 997 g/mol. The number of hydrogen-bond acceptors (Lipinski definition) is 20. The molecule has 2 aliphatic carbocycles. The van der Waals surface area contributed by atoms with E-state index >= 15 is 0 Å². The second kappa shape index (κ2) is 21.8. The topological polar surface area (TPSA) is 313 Å². The maximum absolute atomic E-state index is 14.6. The smallest absolute Gasteiger partial charge is 0.744 e. The molecule has 0 radical (unpaired) electrons. The molecule has 3 unspecified atom stereocenters. The fourth-order valence-electron chi connectivity index (χ4n) is 8.33. The van der Waals surface area contributed by atoms with Gasteiger partial charge in [-0.1, -0.05) is 50.2 Å². The van der Waals surface area contributed by atoms with Gasteiger partial charge in [0.15, 0.2) is 11.6 Å². The number of nitrogens with one attached hydrogen (secondary N) is 3. The van der Waals surface area contributed by atoms with Crippen LogP contribution in [0.5, 0.6) is 0 Å².